The first-order valence-corrected chi connectivity index (χ1v) is 6.66. The number of aromatic nitrogens is 1. The van der Waals surface area contributed by atoms with E-state index in [1.807, 2.05) is 24.4 Å². The van der Waals surface area contributed by atoms with E-state index in [1.165, 1.54) is 6.07 Å². The van der Waals surface area contributed by atoms with Crippen molar-refractivity contribution < 1.29 is 9.37 Å². The maximum Gasteiger partial charge on any atom is 0.272 e. The van der Waals surface area contributed by atoms with Crippen LogP contribution in [0, 0.1) is 5.82 Å². The lowest BCUT2D eigenvalue weighted by Gasteiger charge is -2.10. The van der Waals surface area contributed by atoms with Gasteiger partial charge in [-0.05, 0) is 30.4 Å². The van der Waals surface area contributed by atoms with Gasteiger partial charge in [0.25, 0.3) is 5.82 Å². The van der Waals surface area contributed by atoms with E-state index in [1.54, 1.807) is 18.2 Å². The first kappa shape index (κ1) is 14.2. The molecule has 20 heavy (non-hydrogen) atoms. The molecule has 0 saturated heterocycles. The number of anilines is 2. The molecule has 0 spiro atoms. The van der Waals surface area contributed by atoms with Crippen LogP contribution in [0.3, 0.4) is 0 Å². The summed E-state index contributed by atoms with van der Waals surface area (Å²) >= 11 is 5.10. The van der Waals surface area contributed by atoms with Crippen LogP contribution in [0.2, 0.25) is 0 Å². The number of rotatable bonds is 5. The van der Waals surface area contributed by atoms with Crippen LogP contribution >= 0.6 is 12.2 Å². The fraction of sp³-hybridized carbons (Fsp3) is 0.143. The molecule has 0 unspecified atom stereocenters. The molecular weight excluding hydrogens is 275 g/mol. The maximum atomic E-state index is 13.4. The van der Waals surface area contributed by atoms with Gasteiger partial charge in [-0.2, -0.15) is 0 Å². The van der Waals surface area contributed by atoms with Gasteiger partial charge in [0.1, 0.15) is 12.4 Å². The van der Waals surface area contributed by atoms with Crippen molar-refractivity contribution in [2.75, 3.05) is 23.7 Å². The van der Waals surface area contributed by atoms with Gasteiger partial charge < -0.3 is 10.6 Å². The molecule has 0 saturated carbocycles. The Bertz CT molecular complexity index is 562. The zero-order chi connectivity index (χ0) is 14.2. The Hall–Kier alpha value is -2.21. The zero-order valence-electron chi connectivity index (χ0n) is 10.8. The number of aromatic amines is 1. The minimum absolute atomic E-state index is 0.325. The van der Waals surface area contributed by atoms with Gasteiger partial charge in [-0.15, -0.1) is 0 Å². The molecule has 0 aliphatic heterocycles. The van der Waals surface area contributed by atoms with E-state index in [0.717, 1.165) is 5.82 Å². The molecule has 0 atom stereocenters. The van der Waals surface area contributed by atoms with Crippen molar-refractivity contribution in [1.82, 2.24) is 5.32 Å². The number of hydrogen-bond acceptors (Lipinski definition) is 2. The third-order valence-corrected chi connectivity index (χ3v) is 2.80. The number of nitrogens with one attached hydrogen (secondary N) is 4. The molecule has 2 aromatic rings. The second-order valence-corrected chi connectivity index (χ2v) is 4.47. The minimum atomic E-state index is -0.325. The monoisotopic (exact) mass is 291 g/mol. The number of H-pyrrole nitrogens is 1. The van der Waals surface area contributed by atoms with Gasteiger partial charge in [0.2, 0.25) is 0 Å². The molecule has 6 heteroatoms. The van der Waals surface area contributed by atoms with E-state index in [9.17, 15) is 4.39 Å². The minimum Gasteiger partial charge on any atom is -0.359 e. The van der Waals surface area contributed by atoms with Crippen molar-refractivity contribution in [3.8, 4) is 0 Å². The fourth-order valence-electron chi connectivity index (χ4n) is 1.61. The van der Waals surface area contributed by atoms with Gasteiger partial charge in [0.05, 0.1) is 18.4 Å². The smallest absolute Gasteiger partial charge is 0.272 e. The van der Waals surface area contributed by atoms with Gasteiger partial charge in [-0.3, -0.25) is 5.32 Å². The summed E-state index contributed by atoms with van der Waals surface area (Å²) in [6.07, 6.45) is 1.85. The van der Waals surface area contributed by atoms with Crippen molar-refractivity contribution in [3.63, 3.8) is 0 Å². The molecule has 0 aliphatic rings. The molecule has 0 fully saturated rings. The average molecular weight is 291 g/mol. The molecule has 4 N–H and O–H groups in total. The summed E-state index contributed by atoms with van der Waals surface area (Å²) in [6.45, 7) is 1.32. The third-order valence-electron chi connectivity index (χ3n) is 2.56. The standard InChI is InChI=1S/C14H15FN4S/c15-11-5-1-2-6-12(11)19-14(20)18-10-9-17-13-7-3-4-8-16-13/h1-8H,9-10H2,(H,16,17)(H2,18,19,20)/p+1. The van der Waals surface area contributed by atoms with E-state index >= 15 is 0 Å². The van der Waals surface area contributed by atoms with Crippen LogP contribution in [0.5, 0.6) is 0 Å². The Morgan fingerprint density at radius 2 is 1.90 bits per heavy atom. The highest BCUT2D eigenvalue weighted by atomic mass is 32.1. The zero-order valence-corrected chi connectivity index (χ0v) is 11.6. The Kier molecular flexibility index (Phi) is 5.25. The van der Waals surface area contributed by atoms with Crippen LogP contribution in [0.25, 0.3) is 0 Å². The molecule has 0 aliphatic carbocycles. The summed E-state index contributed by atoms with van der Waals surface area (Å²) in [7, 11) is 0. The van der Waals surface area contributed by atoms with Crippen molar-refractivity contribution in [3.05, 3.63) is 54.5 Å². The molecule has 2 rings (SSSR count). The lowest BCUT2D eigenvalue weighted by molar-refractivity contribution is -0.361. The summed E-state index contributed by atoms with van der Waals surface area (Å²) in [5, 5.41) is 9.42. The molecule has 1 heterocycles. The predicted molar refractivity (Wildman–Crippen MR) is 82.1 cm³/mol. The summed E-state index contributed by atoms with van der Waals surface area (Å²) in [4.78, 5) is 3.07. The molecule has 0 radical (unpaired) electrons. The maximum absolute atomic E-state index is 13.4. The molecule has 1 aromatic heterocycles. The number of thiocarbonyl (C=S) groups is 1. The van der Waals surface area contributed by atoms with Gasteiger partial charge in [0, 0.05) is 6.07 Å². The molecular formula is C14H16FN4S+. The summed E-state index contributed by atoms with van der Waals surface area (Å²) < 4.78 is 13.4. The summed E-state index contributed by atoms with van der Waals surface area (Å²) in [6, 6.07) is 12.2. The van der Waals surface area contributed by atoms with Crippen LogP contribution in [-0.4, -0.2) is 18.2 Å². The number of pyridine rings is 1. The number of hydrogen-bond donors (Lipinski definition) is 3. The lowest BCUT2D eigenvalue weighted by atomic mass is 10.3. The fourth-order valence-corrected chi connectivity index (χ4v) is 1.82. The van der Waals surface area contributed by atoms with Gasteiger partial charge in [-0.25, -0.2) is 9.37 Å². The molecule has 0 amide bonds. The van der Waals surface area contributed by atoms with Gasteiger partial charge >= 0.3 is 0 Å². The second kappa shape index (κ2) is 7.40. The summed E-state index contributed by atoms with van der Waals surface area (Å²) in [5.41, 5.74) is 0.370. The number of para-hydroxylation sites is 1. The number of halogens is 1. The van der Waals surface area contributed by atoms with Gasteiger partial charge in [-0.1, -0.05) is 18.2 Å². The third kappa shape index (κ3) is 4.47. The van der Waals surface area contributed by atoms with Crippen molar-refractivity contribution >= 4 is 28.8 Å². The Morgan fingerprint density at radius 3 is 2.65 bits per heavy atom. The van der Waals surface area contributed by atoms with Crippen molar-refractivity contribution in [1.29, 1.82) is 0 Å². The van der Waals surface area contributed by atoms with E-state index in [2.05, 4.69) is 20.9 Å². The molecule has 1 aromatic carbocycles. The molecule has 4 nitrogen and oxygen atoms in total. The highest BCUT2D eigenvalue weighted by Gasteiger charge is 2.03. The highest BCUT2D eigenvalue weighted by Crippen LogP contribution is 2.11. The van der Waals surface area contributed by atoms with Crippen LogP contribution in [0.4, 0.5) is 15.9 Å². The van der Waals surface area contributed by atoms with Crippen LogP contribution in [0.1, 0.15) is 0 Å². The summed E-state index contributed by atoms with van der Waals surface area (Å²) in [5.74, 6) is 0.607. The van der Waals surface area contributed by atoms with E-state index in [-0.39, 0.29) is 5.82 Å². The highest BCUT2D eigenvalue weighted by molar-refractivity contribution is 7.80. The molecule has 104 valence electrons. The normalized spacial score (nSPS) is 9.85. The van der Waals surface area contributed by atoms with Crippen LogP contribution in [0.15, 0.2) is 48.7 Å². The Labute approximate surface area is 122 Å². The van der Waals surface area contributed by atoms with E-state index in [4.69, 9.17) is 12.2 Å². The first-order chi connectivity index (χ1) is 9.75. The lowest BCUT2D eigenvalue weighted by Crippen LogP contribution is -2.33. The topological polar surface area (TPSA) is 50.2 Å². The van der Waals surface area contributed by atoms with Crippen molar-refractivity contribution in [2.24, 2.45) is 0 Å². The van der Waals surface area contributed by atoms with E-state index < -0.39 is 0 Å². The van der Waals surface area contributed by atoms with Crippen molar-refractivity contribution in [2.45, 2.75) is 0 Å². The largest absolute Gasteiger partial charge is 0.359 e. The van der Waals surface area contributed by atoms with Crippen LogP contribution < -0.4 is 20.9 Å². The molecule has 0 bridgehead atoms. The van der Waals surface area contributed by atoms with Gasteiger partial charge in [0.15, 0.2) is 5.11 Å². The van der Waals surface area contributed by atoms with Crippen LogP contribution in [-0.2, 0) is 0 Å². The van der Waals surface area contributed by atoms with E-state index in [0.29, 0.717) is 23.9 Å². The average Bonchev–Trinajstić information content (AvgIpc) is 2.47. The second-order valence-electron chi connectivity index (χ2n) is 4.06. The Morgan fingerprint density at radius 1 is 1.10 bits per heavy atom. The quantitative estimate of drug-likeness (QED) is 0.583. The first-order valence-electron chi connectivity index (χ1n) is 6.25. The Balaban J connectivity index is 1.69. The predicted octanol–water partition coefficient (Wildman–Crippen LogP) is 2.04. The number of benzene rings is 1. The SMILES string of the molecule is Fc1ccccc1NC(=S)NCCNc1cccc[nH+]1.